The predicted molar refractivity (Wildman–Crippen MR) is 76.2 cm³/mol. The SMILES string of the molecule is CC1CCN(C(=O)C(N)Cc2ccc(O)cc2)C1CO. The van der Waals surface area contributed by atoms with Gasteiger partial charge in [-0.15, -0.1) is 0 Å². The zero-order chi connectivity index (χ0) is 14.7. The van der Waals surface area contributed by atoms with Crippen molar-refractivity contribution in [3.05, 3.63) is 29.8 Å². The summed E-state index contributed by atoms with van der Waals surface area (Å²) in [6.07, 6.45) is 1.34. The van der Waals surface area contributed by atoms with Crippen molar-refractivity contribution in [1.29, 1.82) is 0 Å². The number of amides is 1. The number of hydrogen-bond acceptors (Lipinski definition) is 4. The first kappa shape index (κ1) is 14.8. The average molecular weight is 278 g/mol. The van der Waals surface area contributed by atoms with Crippen molar-refractivity contribution < 1.29 is 15.0 Å². The van der Waals surface area contributed by atoms with Gasteiger partial charge in [0, 0.05) is 6.54 Å². The standard InChI is InChI=1S/C15H22N2O3/c1-10-6-7-17(14(10)9-18)15(20)13(16)8-11-2-4-12(19)5-3-11/h2-5,10,13-14,18-19H,6-9,16H2,1H3. The number of nitrogens with zero attached hydrogens (tertiary/aromatic N) is 1. The molecule has 0 aromatic heterocycles. The Morgan fingerprint density at radius 1 is 1.45 bits per heavy atom. The number of aliphatic hydroxyl groups excluding tert-OH is 1. The van der Waals surface area contributed by atoms with Crippen molar-refractivity contribution in [2.24, 2.45) is 11.7 Å². The topological polar surface area (TPSA) is 86.8 Å². The molecule has 4 N–H and O–H groups in total. The first-order valence-corrected chi connectivity index (χ1v) is 6.97. The van der Waals surface area contributed by atoms with Crippen LogP contribution >= 0.6 is 0 Å². The summed E-state index contributed by atoms with van der Waals surface area (Å²) in [6.45, 7) is 2.69. The Kier molecular flexibility index (Phi) is 4.62. The molecule has 1 aliphatic heterocycles. The average Bonchev–Trinajstić information content (AvgIpc) is 2.81. The van der Waals surface area contributed by atoms with E-state index in [0.29, 0.717) is 18.9 Å². The van der Waals surface area contributed by atoms with E-state index in [1.165, 1.54) is 0 Å². The second-order valence-corrected chi connectivity index (χ2v) is 5.52. The van der Waals surface area contributed by atoms with Crippen molar-refractivity contribution >= 4 is 5.91 Å². The van der Waals surface area contributed by atoms with Crippen LogP contribution in [-0.4, -0.2) is 46.3 Å². The third-order valence-electron chi connectivity index (χ3n) is 4.06. The molecular weight excluding hydrogens is 256 g/mol. The summed E-state index contributed by atoms with van der Waals surface area (Å²) in [7, 11) is 0. The minimum Gasteiger partial charge on any atom is -0.508 e. The van der Waals surface area contributed by atoms with E-state index in [4.69, 9.17) is 5.73 Å². The highest BCUT2D eigenvalue weighted by molar-refractivity contribution is 5.82. The summed E-state index contributed by atoms with van der Waals surface area (Å²) in [5.41, 5.74) is 6.91. The van der Waals surface area contributed by atoms with E-state index in [2.05, 4.69) is 0 Å². The fourth-order valence-electron chi connectivity index (χ4n) is 2.75. The summed E-state index contributed by atoms with van der Waals surface area (Å²) >= 11 is 0. The molecule has 1 amide bonds. The number of rotatable bonds is 4. The molecule has 1 heterocycles. The van der Waals surface area contributed by atoms with E-state index in [9.17, 15) is 15.0 Å². The fraction of sp³-hybridized carbons (Fsp3) is 0.533. The monoisotopic (exact) mass is 278 g/mol. The highest BCUT2D eigenvalue weighted by Crippen LogP contribution is 2.24. The van der Waals surface area contributed by atoms with Crippen LogP contribution in [0.3, 0.4) is 0 Å². The van der Waals surface area contributed by atoms with E-state index in [1.807, 2.05) is 6.92 Å². The summed E-state index contributed by atoms with van der Waals surface area (Å²) in [4.78, 5) is 14.1. The lowest BCUT2D eigenvalue weighted by Crippen LogP contribution is -2.48. The Morgan fingerprint density at radius 2 is 2.10 bits per heavy atom. The molecule has 3 atom stereocenters. The molecule has 2 rings (SSSR count). The Morgan fingerprint density at radius 3 is 2.70 bits per heavy atom. The van der Waals surface area contributed by atoms with Gasteiger partial charge in [-0.3, -0.25) is 4.79 Å². The van der Waals surface area contributed by atoms with Gasteiger partial charge in [0.25, 0.3) is 0 Å². The van der Waals surface area contributed by atoms with Crippen LogP contribution in [0.4, 0.5) is 0 Å². The van der Waals surface area contributed by atoms with Gasteiger partial charge in [0.2, 0.25) is 5.91 Å². The number of nitrogens with two attached hydrogens (primary N) is 1. The van der Waals surface area contributed by atoms with E-state index in [-0.39, 0.29) is 24.3 Å². The number of phenolic OH excluding ortho intramolecular Hbond substituents is 1. The van der Waals surface area contributed by atoms with E-state index in [1.54, 1.807) is 29.2 Å². The van der Waals surface area contributed by atoms with Gasteiger partial charge >= 0.3 is 0 Å². The molecule has 0 bridgehead atoms. The smallest absolute Gasteiger partial charge is 0.240 e. The molecule has 0 radical (unpaired) electrons. The summed E-state index contributed by atoms with van der Waals surface area (Å²) in [6, 6.07) is 5.96. The van der Waals surface area contributed by atoms with Gasteiger partial charge in [-0.1, -0.05) is 19.1 Å². The van der Waals surface area contributed by atoms with E-state index >= 15 is 0 Å². The first-order valence-electron chi connectivity index (χ1n) is 6.97. The normalized spacial score (nSPS) is 23.9. The third-order valence-corrected chi connectivity index (χ3v) is 4.06. The van der Waals surface area contributed by atoms with Gasteiger partial charge in [0.15, 0.2) is 0 Å². The van der Waals surface area contributed by atoms with Crippen molar-refractivity contribution in [1.82, 2.24) is 4.90 Å². The number of carbonyl (C=O) groups is 1. The number of hydrogen-bond donors (Lipinski definition) is 3. The third kappa shape index (κ3) is 3.11. The molecule has 5 nitrogen and oxygen atoms in total. The number of aromatic hydroxyl groups is 1. The molecule has 0 saturated carbocycles. The van der Waals surface area contributed by atoms with E-state index < -0.39 is 6.04 Å². The van der Waals surface area contributed by atoms with Gasteiger partial charge in [-0.2, -0.15) is 0 Å². The van der Waals surface area contributed by atoms with Gasteiger partial charge in [-0.05, 0) is 36.5 Å². The second-order valence-electron chi connectivity index (χ2n) is 5.52. The van der Waals surface area contributed by atoms with Crippen LogP contribution in [0.1, 0.15) is 18.9 Å². The molecule has 5 heteroatoms. The Labute approximate surface area is 119 Å². The van der Waals surface area contributed by atoms with Crippen molar-refractivity contribution in [3.63, 3.8) is 0 Å². The van der Waals surface area contributed by atoms with Crippen molar-refractivity contribution in [2.45, 2.75) is 31.8 Å². The largest absolute Gasteiger partial charge is 0.508 e. The lowest BCUT2D eigenvalue weighted by molar-refractivity contribution is -0.134. The molecule has 1 fully saturated rings. The van der Waals surface area contributed by atoms with Crippen LogP contribution in [0.25, 0.3) is 0 Å². The number of aliphatic hydroxyl groups is 1. The zero-order valence-corrected chi connectivity index (χ0v) is 11.7. The minimum atomic E-state index is -0.612. The lowest BCUT2D eigenvalue weighted by atomic mass is 10.0. The van der Waals surface area contributed by atoms with Gasteiger partial charge in [0.1, 0.15) is 5.75 Å². The number of likely N-dealkylation sites (tertiary alicyclic amines) is 1. The molecule has 0 spiro atoms. The van der Waals surface area contributed by atoms with Crippen molar-refractivity contribution in [2.75, 3.05) is 13.2 Å². The maximum Gasteiger partial charge on any atom is 0.240 e. The van der Waals surface area contributed by atoms with Crippen LogP contribution in [0.5, 0.6) is 5.75 Å². The van der Waals surface area contributed by atoms with Crippen LogP contribution in [0.2, 0.25) is 0 Å². The maximum atomic E-state index is 12.4. The van der Waals surface area contributed by atoms with Crippen LogP contribution in [0, 0.1) is 5.92 Å². The van der Waals surface area contributed by atoms with Crippen LogP contribution in [-0.2, 0) is 11.2 Å². The highest BCUT2D eigenvalue weighted by Gasteiger charge is 2.35. The minimum absolute atomic E-state index is 0.0150. The van der Waals surface area contributed by atoms with Gasteiger partial charge in [0.05, 0.1) is 18.7 Å². The summed E-state index contributed by atoms with van der Waals surface area (Å²) in [5.74, 6) is 0.397. The first-order chi connectivity index (χ1) is 9.52. The number of carbonyl (C=O) groups excluding carboxylic acids is 1. The van der Waals surface area contributed by atoms with Crippen LogP contribution in [0.15, 0.2) is 24.3 Å². The van der Waals surface area contributed by atoms with Crippen LogP contribution < -0.4 is 5.73 Å². The maximum absolute atomic E-state index is 12.4. The Bertz CT molecular complexity index is 461. The van der Waals surface area contributed by atoms with Gasteiger partial charge < -0.3 is 20.8 Å². The molecule has 1 saturated heterocycles. The van der Waals surface area contributed by atoms with Gasteiger partial charge in [-0.25, -0.2) is 0 Å². The van der Waals surface area contributed by atoms with Crippen molar-refractivity contribution in [3.8, 4) is 5.75 Å². The molecule has 0 aliphatic carbocycles. The fourth-order valence-corrected chi connectivity index (χ4v) is 2.75. The number of benzene rings is 1. The molecule has 110 valence electrons. The zero-order valence-electron chi connectivity index (χ0n) is 11.7. The highest BCUT2D eigenvalue weighted by atomic mass is 16.3. The summed E-state index contributed by atoms with van der Waals surface area (Å²) < 4.78 is 0. The molecule has 3 unspecified atom stereocenters. The quantitative estimate of drug-likeness (QED) is 0.748. The molecule has 1 aliphatic rings. The molecular formula is C15H22N2O3. The predicted octanol–water partition coefficient (Wildman–Crippen LogP) is 0.491. The molecule has 1 aromatic rings. The molecule has 20 heavy (non-hydrogen) atoms. The molecule has 1 aromatic carbocycles. The Hall–Kier alpha value is -1.59. The summed E-state index contributed by atoms with van der Waals surface area (Å²) in [5, 5.41) is 18.6. The Balaban J connectivity index is 2.00. The second kappa shape index (κ2) is 6.24. The lowest BCUT2D eigenvalue weighted by Gasteiger charge is -2.27. The number of phenols is 1. The van der Waals surface area contributed by atoms with E-state index in [0.717, 1.165) is 12.0 Å².